The molecule has 0 atom stereocenters. The third kappa shape index (κ3) is 1.76. The fourth-order valence-corrected chi connectivity index (χ4v) is 1.28. The number of rotatable bonds is 2. The number of aromatic nitrogens is 1. The van der Waals surface area contributed by atoms with Crippen LogP contribution in [0.2, 0.25) is 0 Å². The summed E-state index contributed by atoms with van der Waals surface area (Å²) >= 11 is 0. The zero-order chi connectivity index (χ0) is 9.97. The Hall–Kier alpha value is -1.77. The van der Waals surface area contributed by atoms with Crippen LogP contribution in [-0.2, 0) is 0 Å². The second-order valence-corrected chi connectivity index (χ2v) is 3.20. The highest BCUT2D eigenvalue weighted by molar-refractivity contribution is 5.37. The Balaban J connectivity index is 2.25. The predicted octanol–water partition coefficient (Wildman–Crippen LogP) is 3.08. The quantitative estimate of drug-likeness (QED) is 0.728. The molecule has 0 fully saturated rings. The van der Waals surface area contributed by atoms with Crippen LogP contribution in [0.1, 0.15) is 11.1 Å². The molecule has 0 saturated heterocycles. The van der Waals surface area contributed by atoms with Crippen molar-refractivity contribution in [1.29, 1.82) is 0 Å². The summed E-state index contributed by atoms with van der Waals surface area (Å²) in [6.07, 6.45) is 2.82. The average molecular weight is 189 g/mol. The lowest BCUT2D eigenvalue weighted by atomic mass is 10.1. The van der Waals surface area contributed by atoms with Crippen molar-refractivity contribution in [2.75, 3.05) is 0 Å². The minimum atomic E-state index is 0.483. The van der Waals surface area contributed by atoms with Gasteiger partial charge in [-0.1, -0.05) is 17.7 Å². The molecule has 0 aliphatic heterocycles. The molecule has 0 bridgehead atoms. The van der Waals surface area contributed by atoms with Crippen LogP contribution in [0.4, 0.5) is 0 Å². The third-order valence-corrected chi connectivity index (χ3v) is 1.95. The van der Waals surface area contributed by atoms with Gasteiger partial charge in [-0.05, 0) is 25.5 Å². The number of hydrogen-bond donors (Lipinski definition) is 0. The minimum absolute atomic E-state index is 0.483. The predicted molar refractivity (Wildman–Crippen MR) is 52.5 cm³/mol. The summed E-state index contributed by atoms with van der Waals surface area (Å²) in [5.74, 6) is 1.29. The molecule has 0 amide bonds. The average Bonchev–Trinajstić information content (AvgIpc) is 2.62. The smallest absolute Gasteiger partial charge is 0.258 e. The van der Waals surface area contributed by atoms with Crippen LogP contribution in [0.15, 0.2) is 35.3 Å². The Morgan fingerprint density at radius 2 is 2.14 bits per heavy atom. The SMILES string of the molecule is Cc1ccc(Oc2cocn2)c(C)c1. The summed E-state index contributed by atoms with van der Waals surface area (Å²) in [6.45, 7) is 4.05. The van der Waals surface area contributed by atoms with Crippen molar-refractivity contribution in [3.05, 3.63) is 42.0 Å². The molecule has 0 spiro atoms. The van der Waals surface area contributed by atoms with E-state index in [1.165, 1.54) is 18.2 Å². The first-order chi connectivity index (χ1) is 6.75. The minimum Gasteiger partial charge on any atom is -0.448 e. The number of ether oxygens (including phenoxy) is 1. The van der Waals surface area contributed by atoms with Gasteiger partial charge in [0.25, 0.3) is 5.88 Å². The van der Waals surface area contributed by atoms with Gasteiger partial charge in [-0.3, -0.25) is 0 Å². The zero-order valence-electron chi connectivity index (χ0n) is 8.15. The molecule has 0 aliphatic rings. The lowest BCUT2D eigenvalue weighted by Gasteiger charge is -2.05. The van der Waals surface area contributed by atoms with Crippen LogP contribution in [0, 0.1) is 13.8 Å². The van der Waals surface area contributed by atoms with Crippen molar-refractivity contribution in [1.82, 2.24) is 4.98 Å². The van der Waals surface area contributed by atoms with Crippen molar-refractivity contribution in [3.8, 4) is 11.6 Å². The van der Waals surface area contributed by atoms with Crippen LogP contribution < -0.4 is 4.74 Å². The Morgan fingerprint density at radius 1 is 1.29 bits per heavy atom. The highest BCUT2D eigenvalue weighted by atomic mass is 16.5. The van der Waals surface area contributed by atoms with Gasteiger partial charge < -0.3 is 9.15 Å². The number of hydrogen-bond acceptors (Lipinski definition) is 3. The van der Waals surface area contributed by atoms with E-state index < -0.39 is 0 Å². The van der Waals surface area contributed by atoms with Gasteiger partial charge in [0.1, 0.15) is 5.75 Å². The topological polar surface area (TPSA) is 35.3 Å². The maximum atomic E-state index is 5.50. The molecule has 0 aliphatic carbocycles. The van der Waals surface area contributed by atoms with Crippen molar-refractivity contribution in [2.24, 2.45) is 0 Å². The molecule has 1 aromatic heterocycles. The molecule has 2 rings (SSSR count). The normalized spacial score (nSPS) is 10.1. The summed E-state index contributed by atoms with van der Waals surface area (Å²) in [4.78, 5) is 3.89. The Bertz CT molecular complexity index is 421. The molecule has 2 aromatic rings. The second-order valence-electron chi connectivity index (χ2n) is 3.20. The van der Waals surface area contributed by atoms with Gasteiger partial charge in [0.2, 0.25) is 0 Å². The Labute approximate surface area is 82.3 Å². The molecular weight excluding hydrogens is 178 g/mol. The Kier molecular flexibility index (Phi) is 2.23. The molecule has 0 N–H and O–H groups in total. The number of oxazole rings is 1. The molecule has 0 saturated carbocycles. The highest BCUT2D eigenvalue weighted by Gasteiger charge is 2.02. The lowest BCUT2D eigenvalue weighted by Crippen LogP contribution is -1.87. The maximum absolute atomic E-state index is 5.50. The fraction of sp³-hybridized carbons (Fsp3) is 0.182. The van der Waals surface area contributed by atoms with Crippen LogP contribution >= 0.6 is 0 Å². The molecule has 14 heavy (non-hydrogen) atoms. The summed E-state index contributed by atoms with van der Waals surface area (Å²) in [7, 11) is 0. The summed E-state index contributed by atoms with van der Waals surface area (Å²) in [5.41, 5.74) is 2.31. The second kappa shape index (κ2) is 3.54. The maximum Gasteiger partial charge on any atom is 0.258 e. The lowest BCUT2D eigenvalue weighted by molar-refractivity contribution is 0.454. The third-order valence-electron chi connectivity index (χ3n) is 1.95. The van der Waals surface area contributed by atoms with Gasteiger partial charge in [-0.2, -0.15) is 4.98 Å². The van der Waals surface area contributed by atoms with Crippen molar-refractivity contribution >= 4 is 0 Å². The molecule has 0 unspecified atom stereocenters. The van der Waals surface area contributed by atoms with Gasteiger partial charge in [-0.15, -0.1) is 0 Å². The Morgan fingerprint density at radius 3 is 2.79 bits per heavy atom. The van der Waals surface area contributed by atoms with Gasteiger partial charge in [0.05, 0.1) is 0 Å². The first-order valence-corrected chi connectivity index (χ1v) is 4.39. The molecule has 1 aromatic carbocycles. The molecule has 1 heterocycles. The van der Waals surface area contributed by atoms with Crippen LogP contribution in [0.5, 0.6) is 11.6 Å². The highest BCUT2D eigenvalue weighted by Crippen LogP contribution is 2.23. The van der Waals surface area contributed by atoms with Crippen LogP contribution in [-0.4, -0.2) is 4.98 Å². The number of benzene rings is 1. The molecular formula is C11H11NO2. The molecule has 3 heteroatoms. The van der Waals surface area contributed by atoms with E-state index in [4.69, 9.17) is 9.15 Å². The monoisotopic (exact) mass is 189 g/mol. The standard InChI is InChI=1S/C11H11NO2/c1-8-3-4-10(9(2)5-8)14-11-6-13-7-12-11/h3-7H,1-2H3. The van der Waals surface area contributed by atoms with Crippen molar-refractivity contribution < 1.29 is 9.15 Å². The van der Waals surface area contributed by atoms with E-state index in [0.717, 1.165) is 11.3 Å². The summed E-state index contributed by atoms with van der Waals surface area (Å²) in [6, 6.07) is 6.00. The van der Waals surface area contributed by atoms with Gasteiger partial charge in [-0.25, -0.2) is 0 Å². The summed E-state index contributed by atoms with van der Waals surface area (Å²) < 4.78 is 10.3. The van der Waals surface area contributed by atoms with Gasteiger partial charge in [0, 0.05) is 0 Å². The van der Waals surface area contributed by atoms with Crippen LogP contribution in [0.3, 0.4) is 0 Å². The fourth-order valence-electron chi connectivity index (χ4n) is 1.28. The van der Waals surface area contributed by atoms with E-state index in [-0.39, 0.29) is 0 Å². The van der Waals surface area contributed by atoms with Gasteiger partial charge in [0.15, 0.2) is 12.7 Å². The molecule has 3 nitrogen and oxygen atoms in total. The zero-order valence-corrected chi connectivity index (χ0v) is 8.15. The van der Waals surface area contributed by atoms with Crippen molar-refractivity contribution in [3.63, 3.8) is 0 Å². The van der Waals surface area contributed by atoms with Gasteiger partial charge >= 0.3 is 0 Å². The first kappa shape index (κ1) is 8.81. The first-order valence-electron chi connectivity index (χ1n) is 4.39. The summed E-state index contributed by atoms with van der Waals surface area (Å²) in [5, 5.41) is 0. The largest absolute Gasteiger partial charge is 0.448 e. The van der Waals surface area contributed by atoms with Crippen molar-refractivity contribution in [2.45, 2.75) is 13.8 Å². The van der Waals surface area contributed by atoms with E-state index in [1.807, 2.05) is 26.0 Å². The van der Waals surface area contributed by atoms with E-state index in [1.54, 1.807) is 0 Å². The van der Waals surface area contributed by atoms with E-state index in [0.29, 0.717) is 5.88 Å². The van der Waals surface area contributed by atoms with Crippen LogP contribution in [0.25, 0.3) is 0 Å². The number of aryl methyl sites for hydroxylation is 2. The van der Waals surface area contributed by atoms with E-state index >= 15 is 0 Å². The van der Waals surface area contributed by atoms with E-state index in [2.05, 4.69) is 11.1 Å². The van der Waals surface area contributed by atoms with E-state index in [9.17, 15) is 0 Å². The molecule has 72 valence electrons. The number of nitrogens with zero attached hydrogens (tertiary/aromatic N) is 1. The molecule has 0 radical (unpaired) electrons.